The van der Waals surface area contributed by atoms with Crippen molar-refractivity contribution in [3.8, 4) is 0 Å². The number of amides is 1. The maximum Gasteiger partial charge on any atom is 0.256 e. The van der Waals surface area contributed by atoms with Gasteiger partial charge in [0.05, 0.1) is 17.0 Å². The number of para-hydroxylation sites is 1. The summed E-state index contributed by atoms with van der Waals surface area (Å²) in [4.78, 5) is 12.3. The van der Waals surface area contributed by atoms with Crippen LogP contribution in [-0.2, 0) is 0 Å². The van der Waals surface area contributed by atoms with Crippen LogP contribution in [0.5, 0.6) is 0 Å². The molecule has 0 aliphatic carbocycles. The normalized spacial score (nSPS) is 11.2. The molecule has 2 N–H and O–H groups in total. The van der Waals surface area contributed by atoms with Crippen molar-refractivity contribution in [3.63, 3.8) is 0 Å². The minimum Gasteiger partial charge on any atom is -0.411 e. The van der Waals surface area contributed by atoms with E-state index in [4.69, 9.17) is 5.21 Å². The molecule has 5 heteroatoms. The first-order valence-corrected chi connectivity index (χ1v) is 7.05. The average Bonchev–Trinajstić information content (AvgIpc) is 2.47. The Balaban J connectivity index is 2.32. The first kappa shape index (κ1) is 14.5. The summed E-state index contributed by atoms with van der Waals surface area (Å²) < 4.78 is 0.882. The van der Waals surface area contributed by atoms with Crippen LogP contribution < -0.4 is 5.32 Å². The van der Waals surface area contributed by atoms with Gasteiger partial charge in [-0.3, -0.25) is 4.79 Å². The molecule has 0 unspecified atom stereocenters. The molecule has 0 fully saturated rings. The van der Waals surface area contributed by atoms with Gasteiger partial charge in [0, 0.05) is 9.13 Å². The van der Waals surface area contributed by atoms with Crippen molar-refractivity contribution < 1.29 is 10.0 Å². The number of nitrogens with one attached hydrogen (secondary N) is 1. The van der Waals surface area contributed by atoms with E-state index in [0.717, 1.165) is 3.57 Å². The second-order valence-electron chi connectivity index (χ2n) is 4.16. The van der Waals surface area contributed by atoms with Gasteiger partial charge in [-0.2, -0.15) is 0 Å². The monoisotopic (exact) mass is 380 g/mol. The van der Waals surface area contributed by atoms with Gasteiger partial charge in [0.25, 0.3) is 5.91 Å². The zero-order valence-electron chi connectivity index (χ0n) is 10.8. The van der Waals surface area contributed by atoms with E-state index in [0.29, 0.717) is 22.5 Å². The molecule has 0 saturated carbocycles. The van der Waals surface area contributed by atoms with Gasteiger partial charge in [-0.25, -0.2) is 0 Å². The van der Waals surface area contributed by atoms with Crippen LogP contribution >= 0.6 is 22.6 Å². The third-order valence-corrected chi connectivity index (χ3v) is 3.77. The second-order valence-corrected chi connectivity index (χ2v) is 5.33. The van der Waals surface area contributed by atoms with Crippen LogP contribution in [0.1, 0.15) is 22.8 Å². The third kappa shape index (κ3) is 3.16. The molecule has 0 aliphatic heterocycles. The Morgan fingerprint density at radius 1 is 1.10 bits per heavy atom. The molecule has 0 aromatic heterocycles. The lowest BCUT2D eigenvalue weighted by molar-refractivity contribution is 0.102. The van der Waals surface area contributed by atoms with Crippen molar-refractivity contribution in [2.24, 2.45) is 5.16 Å². The van der Waals surface area contributed by atoms with E-state index in [2.05, 4.69) is 33.1 Å². The lowest BCUT2D eigenvalue weighted by Crippen LogP contribution is -2.15. The molecule has 0 aliphatic rings. The summed E-state index contributed by atoms with van der Waals surface area (Å²) in [6.07, 6.45) is 0. The standard InChI is InChI=1S/C15H13IN2O2/c1-10(18-20)11-6-3-5-9-14(11)17-15(19)12-7-2-4-8-13(12)16/h2-9,20H,1H3,(H,17,19)/b18-10+. The summed E-state index contributed by atoms with van der Waals surface area (Å²) in [6, 6.07) is 14.6. The number of hydrogen-bond acceptors (Lipinski definition) is 3. The van der Waals surface area contributed by atoms with Crippen molar-refractivity contribution >= 4 is 39.9 Å². The van der Waals surface area contributed by atoms with Crippen molar-refractivity contribution in [1.29, 1.82) is 0 Å². The fourth-order valence-electron chi connectivity index (χ4n) is 1.80. The highest BCUT2D eigenvalue weighted by Crippen LogP contribution is 2.19. The first-order valence-electron chi connectivity index (χ1n) is 5.97. The first-order chi connectivity index (χ1) is 9.63. The van der Waals surface area contributed by atoms with E-state index in [1.54, 1.807) is 25.1 Å². The maximum atomic E-state index is 12.3. The van der Waals surface area contributed by atoms with Crippen LogP contribution in [0.2, 0.25) is 0 Å². The van der Waals surface area contributed by atoms with Crippen molar-refractivity contribution in [2.75, 3.05) is 5.32 Å². The number of halogens is 1. The second kappa shape index (κ2) is 6.51. The van der Waals surface area contributed by atoms with Gasteiger partial charge < -0.3 is 10.5 Å². The highest BCUT2D eigenvalue weighted by Gasteiger charge is 2.12. The van der Waals surface area contributed by atoms with Gasteiger partial charge in [0.1, 0.15) is 0 Å². The minimum absolute atomic E-state index is 0.187. The van der Waals surface area contributed by atoms with Crippen LogP contribution in [0.15, 0.2) is 53.7 Å². The van der Waals surface area contributed by atoms with E-state index in [1.165, 1.54) is 0 Å². The summed E-state index contributed by atoms with van der Waals surface area (Å²) >= 11 is 2.12. The predicted molar refractivity (Wildman–Crippen MR) is 87.6 cm³/mol. The van der Waals surface area contributed by atoms with Gasteiger partial charge in [-0.1, -0.05) is 35.5 Å². The summed E-state index contributed by atoms with van der Waals surface area (Å²) in [7, 11) is 0. The highest BCUT2D eigenvalue weighted by atomic mass is 127. The smallest absolute Gasteiger partial charge is 0.256 e. The van der Waals surface area contributed by atoms with Crippen LogP contribution in [-0.4, -0.2) is 16.8 Å². The van der Waals surface area contributed by atoms with Crippen molar-refractivity contribution in [2.45, 2.75) is 6.92 Å². The Hall–Kier alpha value is -1.89. The molecule has 2 rings (SSSR count). The Kier molecular flexibility index (Phi) is 4.73. The lowest BCUT2D eigenvalue weighted by atomic mass is 10.1. The van der Waals surface area contributed by atoms with E-state index in [-0.39, 0.29) is 5.91 Å². The quantitative estimate of drug-likeness (QED) is 0.369. The molecule has 0 heterocycles. The molecule has 0 saturated heterocycles. The molecule has 2 aromatic carbocycles. The SMILES string of the molecule is C/C(=N\O)c1ccccc1NC(=O)c1ccccc1I. The van der Waals surface area contributed by atoms with Crippen molar-refractivity contribution in [1.82, 2.24) is 0 Å². The van der Waals surface area contributed by atoms with Crippen LogP contribution in [0.4, 0.5) is 5.69 Å². The number of carbonyl (C=O) groups is 1. The van der Waals surface area contributed by atoms with E-state index >= 15 is 0 Å². The van der Waals surface area contributed by atoms with Gasteiger partial charge in [-0.15, -0.1) is 0 Å². The number of benzene rings is 2. The zero-order valence-corrected chi connectivity index (χ0v) is 13.0. The Morgan fingerprint density at radius 2 is 1.70 bits per heavy atom. The van der Waals surface area contributed by atoms with E-state index in [9.17, 15) is 4.79 Å². The van der Waals surface area contributed by atoms with E-state index in [1.807, 2.05) is 30.3 Å². The number of rotatable bonds is 3. The summed E-state index contributed by atoms with van der Waals surface area (Å²) in [5.41, 5.74) is 2.37. The fourth-order valence-corrected chi connectivity index (χ4v) is 2.43. The molecular formula is C15H13IN2O2. The minimum atomic E-state index is -0.187. The van der Waals surface area contributed by atoms with Crippen LogP contribution in [0, 0.1) is 3.57 Å². The van der Waals surface area contributed by atoms with Gasteiger partial charge in [-0.05, 0) is 47.7 Å². The molecular weight excluding hydrogens is 367 g/mol. The Bertz CT molecular complexity index is 668. The molecule has 0 atom stereocenters. The number of hydrogen-bond donors (Lipinski definition) is 2. The third-order valence-electron chi connectivity index (χ3n) is 2.83. The van der Waals surface area contributed by atoms with Crippen LogP contribution in [0.25, 0.3) is 0 Å². The Labute approximate surface area is 130 Å². The molecule has 20 heavy (non-hydrogen) atoms. The summed E-state index contributed by atoms with van der Waals surface area (Å²) in [5.74, 6) is -0.187. The van der Waals surface area contributed by atoms with Crippen LogP contribution in [0.3, 0.4) is 0 Å². The molecule has 1 amide bonds. The molecule has 0 spiro atoms. The largest absolute Gasteiger partial charge is 0.411 e. The lowest BCUT2D eigenvalue weighted by Gasteiger charge is -2.11. The number of oxime groups is 1. The Morgan fingerprint density at radius 3 is 2.35 bits per heavy atom. The summed E-state index contributed by atoms with van der Waals surface area (Å²) in [6.45, 7) is 1.68. The van der Waals surface area contributed by atoms with Crippen molar-refractivity contribution in [3.05, 3.63) is 63.2 Å². The zero-order chi connectivity index (χ0) is 14.5. The highest BCUT2D eigenvalue weighted by molar-refractivity contribution is 14.1. The fraction of sp³-hybridized carbons (Fsp3) is 0.0667. The van der Waals surface area contributed by atoms with Gasteiger partial charge in [0.15, 0.2) is 0 Å². The molecule has 102 valence electrons. The number of carbonyl (C=O) groups excluding carboxylic acids is 1. The topological polar surface area (TPSA) is 61.7 Å². The maximum absolute atomic E-state index is 12.3. The van der Waals surface area contributed by atoms with E-state index < -0.39 is 0 Å². The molecule has 4 nitrogen and oxygen atoms in total. The molecule has 0 radical (unpaired) electrons. The molecule has 0 bridgehead atoms. The molecule has 2 aromatic rings. The van der Waals surface area contributed by atoms with Gasteiger partial charge >= 0.3 is 0 Å². The average molecular weight is 380 g/mol. The predicted octanol–water partition coefficient (Wildman–Crippen LogP) is 3.74. The number of nitrogens with zero attached hydrogens (tertiary/aromatic N) is 1. The van der Waals surface area contributed by atoms with Gasteiger partial charge in [0.2, 0.25) is 0 Å². The summed E-state index contributed by atoms with van der Waals surface area (Å²) in [5, 5.41) is 14.9. The number of anilines is 1.